The maximum atomic E-state index is 14.1. The summed E-state index contributed by atoms with van der Waals surface area (Å²) >= 11 is 5.81. The molecule has 1 aromatic carbocycles. The van der Waals surface area contributed by atoms with Crippen LogP contribution in [0.3, 0.4) is 0 Å². The van der Waals surface area contributed by atoms with Gasteiger partial charge in [0.1, 0.15) is 12.4 Å². The molecule has 5 nitrogen and oxygen atoms in total. The van der Waals surface area contributed by atoms with Gasteiger partial charge in [-0.15, -0.1) is 0 Å². The van der Waals surface area contributed by atoms with Gasteiger partial charge in [-0.3, -0.25) is 14.5 Å². The maximum Gasteiger partial charge on any atom is 0.269 e. The van der Waals surface area contributed by atoms with E-state index in [1.165, 1.54) is 6.07 Å². The molecule has 0 fully saturated rings. The molecule has 2 amide bonds. The second-order valence-corrected chi connectivity index (χ2v) is 5.09. The topological polar surface area (TPSA) is 53.0 Å². The van der Waals surface area contributed by atoms with Crippen molar-refractivity contribution in [1.82, 2.24) is 4.90 Å². The molecule has 0 N–H and O–H groups in total. The lowest BCUT2D eigenvalue weighted by Crippen LogP contribution is -2.48. The fraction of sp³-hybridized carbons (Fsp3) is 0.214. The summed E-state index contributed by atoms with van der Waals surface area (Å²) in [4.78, 5) is 28.7. The fourth-order valence-corrected chi connectivity index (χ4v) is 2.29. The molecule has 0 radical (unpaired) electrons. The Kier molecular flexibility index (Phi) is 5.23. The molecule has 2 aliphatic rings. The number of fused-ring (bicyclic) bond motifs is 1. The summed E-state index contributed by atoms with van der Waals surface area (Å²) in [6.07, 6.45) is 0.682. The summed E-state index contributed by atoms with van der Waals surface area (Å²) in [5, 5.41) is 0.198. The summed E-state index contributed by atoms with van der Waals surface area (Å²) in [6.45, 7) is -0.439. The number of guanidine groups is 1. The number of anilines is 1. The van der Waals surface area contributed by atoms with Crippen LogP contribution in [0.1, 0.15) is 5.56 Å². The zero-order chi connectivity index (χ0) is 18.0. The van der Waals surface area contributed by atoms with Crippen molar-refractivity contribution in [3.05, 3.63) is 40.6 Å². The maximum absolute atomic E-state index is 14.1. The number of carbonyl (C=O) groups excluding carboxylic acids is 2. The Morgan fingerprint density at radius 2 is 1.88 bits per heavy atom. The van der Waals surface area contributed by atoms with E-state index in [2.05, 4.69) is 4.99 Å². The first-order valence-corrected chi connectivity index (χ1v) is 6.85. The van der Waals surface area contributed by atoms with Gasteiger partial charge in [0.25, 0.3) is 11.8 Å². The van der Waals surface area contributed by atoms with Gasteiger partial charge in [-0.25, -0.2) is 18.1 Å². The largest absolute Gasteiger partial charge is 0.278 e. The van der Waals surface area contributed by atoms with Gasteiger partial charge in [0, 0.05) is 5.02 Å². The predicted molar refractivity (Wildman–Crippen MR) is 79.1 cm³/mol. The van der Waals surface area contributed by atoms with Crippen LogP contribution in [0.5, 0.6) is 0 Å². The molecule has 3 rings (SSSR count). The third-order valence-corrected chi connectivity index (χ3v) is 3.56. The highest BCUT2D eigenvalue weighted by Crippen LogP contribution is 2.31. The summed E-state index contributed by atoms with van der Waals surface area (Å²) in [5.41, 5.74) is 0.400. The molecule has 0 atom stereocenters. The first-order valence-electron chi connectivity index (χ1n) is 6.48. The van der Waals surface area contributed by atoms with E-state index >= 15 is 0 Å². The van der Waals surface area contributed by atoms with Crippen molar-refractivity contribution < 1.29 is 27.2 Å². The number of aliphatic imine (C=N–C) groups is 1. The van der Waals surface area contributed by atoms with Crippen LogP contribution < -0.4 is 4.90 Å². The minimum atomic E-state index is -1.75. The molecule has 0 spiro atoms. The highest BCUT2D eigenvalue weighted by atomic mass is 35.5. The smallest absolute Gasteiger partial charge is 0.269 e. The van der Waals surface area contributed by atoms with Crippen molar-refractivity contribution in [2.45, 2.75) is 6.92 Å². The number of rotatable bonds is 1. The van der Waals surface area contributed by atoms with Crippen LogP contribution in [-0.4, -0.2) is 36.1 Å². The lowest BCUT2D eigenvalue weighted by atomic mass is 10.2. The SMILES string of the molecule is Cc1cc(N2C(=O)C=C(F)N3CC(=O)N=C32)c(F)cc1Cl.FCF. The van der Waals surface area contributed by atoms with Crippen molar-refractivity contribution in [3.63, 3.8) is 0 Å². The number of nitrogens with zero attached hydrogens (tertiary/aromatic N) is 3. The van der Waals surface area contributed by atoms with E-state index in [4.69, 9.17) is 11.6 Å². The second kappa shape index (κ2) is 7.00. The number of benzene rings is 1. The Hall–Kier alpha value is -2.42. The van der Waals surface area contributed by atoms with Gasteiger partial charge in [-0.1, -0.05) is 11.6 Å². The molecule has 128 valence electrons. The summed E-state index contributed by atoms with van der Waals surface area (Å²) < 4.78 is 47.0. The number of hydrogen-bond acceptors (Lipinski definition) is 3. The van der Waals surface area contributed by atoms with Crippen LogP contribution in [0.2, 0.25) is 5.02 Å². The van der Waals surface area contributed by atoms with Gasteiger partial charge >= 0.3 is 0 Å². The zero-order valence-electron chi connectivity index (χ0n) is 12.2. The van der Waals surface area contributed by atoms with Crippen LogP contribution in [0.4, 0.5) is 23.2 Å². The van der Waals surface area contributed by atoms with Gasteiger partial charge in [0.05, 0.1) is 11.8 Å². The molecular formula is C14H10ClF4N3O2. The van der Waals surface area contributed by atoms with E-state index in [1.807, 2.05) is 0 Å². The number of aryl methyl sites for hydroxylation is 1. The van der Waals surface area contributed by atoms with Crippen LogP contribution in [0.15, 0.2) is 29.2 Å². The van der Waals surface area contributed by atoms with Gasteiger partial charge in [-0.2, -0.15) is 9.38 Å². The standard InChI is InChI=1S/C13H8ClF2N3O2.CH2F2/c1-6-2-9(8(15)3-7(6)14)19-12(21)4-10(16)18-5-11(20)17-13(18)19;2-1-3/h2-4H,5H2,1H3;1H2. The van der Waals surface area contributed by atoms with Crippen molar-refractivity contribution in [1.29, 1.82) is 0 Å². The molecule has 10 heteroatoms. The molecule has 24 heavy (non-hydrogen) atoms. The van der Waals surface area contributed by atoms with Crippen LogP contribution in [-0.2, 0) is 9.59 Å². The molecule has 1 aromatic rings. The Bertz CT molecular complexity index is 767. The van der Waals surface area contributed by atoms with Gasteiger partial charge in [-0.05, 0) is 24.6 Å². The molecule has 2 heterocycles. The minimum Gasteiger partial charge on any atom is -0.278 e. The fourth-order valence-electron chi connectivity index (χ4n) is 2.14. The summed E-state index contributed by atoms with van der Waals surface area (Å²) in [6, 6.07) is 2.39. The van der Waals surface area contributed by atoms with Crippen LogP contribution >= 0.6 is 11.6 Å². The minimum absolute atomic E-state index is 0.135. The number of amides is 2. The first kappa shape index (κ1) is 17.9. The predicted octanol–water partition coefficient (Wildman–Crippen LogP) is 3.03. The summed E-state index contributed by atoms with van der Waals surface area (Å²) in [7, 11) is 0. The molecule has 0 unspecified atom stereocenters. The quantitative estimate of drug-likeness (QED) is 0.569. The lowest BCUT2D eigenvalue weighted by molar-refractivity contribution is -0.117. The molecule has 0 bridgehead atoms. The summed E-state index contributed by atoms with van der Waals surface area (Å²) in [5.74, 6) is -3.34. The van der Waals surface area contributed by atoms with Crippen molar-refractivity contribution in [2.24, 2.45) is 4.99 Å². The number of carbonyl (C=O) groups is 2. The van der Waals surface area contributed by atoms with Crippen LogP contribution in [0, 0.1) is 12.7 Å². The van der Waals surface area contributed by atoms with E-state index in [0.29, 0.717) is 11.6 Å². The van der Waals surface area contributed by atoms with Crippen molar-refractivity contribution >= 4 is 35.1 Å². The first-order chi connectivity index (χ1) is 11.3. The highest BCUT2D eigenvalue weighted by Gasteiger charge is 2.39. The molecular weight excluding hydrogens is 354 g/mol. The molecule has 0 saturated carbocycles. The average molecular weight is 364 g/mol. The third kappa shape index (κ3) is 3.25. The third-order valence-electron chi connectivity index (χ3n) is 3.15. The normalized spacial score (nSPS) is 16.4. The Labute approximate surface area is 138 Å². The van der Waals surface area contributed by atoms with E-state index in [1.54, 1.807) is 6.92 Å². The van der Waals surface area contributed by atoms with Gasteiger partial charge in [0.15, 0.2) is 0 Å². The van der Waals surface area contributed by atoms with E-state index < -0.39 is 30.5 Å². The molecule has 2 aliphatic heterocycles. The Morgan fingerprint density at radius 3 is 2.50 bits per heavy atom. The molecule has 0 aromatic heterocycles. The zero-order valence-corrected chi connectivity index (χ0v) is 13.0. The Balaban J connectivity index is 0.000000647. The highest BCUT2D eigenvalue weighted by molar-refractivity contribution is 6.31. The number of halogens is 5. The lowest BCUT2D eigenvalue weighted by Gasteiger charge is -2.30. The Morgan fingerprint density at radius 1 is 1.25 bits per heavy atom. The number of hydrogen-bond donors (Lipinski definition) is 0. The van der Waals surface area contributed by atoms with Gasteiger partial charge < -0.3 is 0 Å². The molecule has 0 saturated heterocycles. The van der Waals surface area contributed by atoms with E-state index in [0.717, 1.165) is 15.9 Å². The van der Waals surface area contributed by atoms with Gasteiger partial charge in [0.2, 0.25) is 18.8 Å². The van der Waals surface area contributed by atoms with Crippen molar-refractivity contribution in [2.75, 3.05) is 18.4 Å². The number of alkyl halides is 2. The van der Waals surface area contributed by atoms with E-state index in [-0.39, 0.29) is 23.2 Å². The van der Waals surface area contributed by atoms with Crippen molar-refractivity contribution in [3.8, 4) is 0 Å². The van der Waals surface area contributed by atoms with E-state index in [9.17, 15) is 27.2 Å². The molecule has 0 aliphatic carbocycles. The second-order valence-electron chi connectivity index (χ2n) is 4.69. The van der Waals surface area contributed by atoms with Crippen LogP contribution in [0.25, 0.3) is 0 Å². The average Bonchev–Trinajstić information content (AvgIpc) is 2.87. The monoisotopic (exact) mass is 363 g/mol.